The van der Waals surface area contributed by atoms with E-state index in [0.717, 1.165) is 0 Å². The number of ketones is 1. The van der Waals surface area contributed by atoms with Crippen LogP contribution in [0.3, 0.4) is 0 Å². The van der Waals surface area contributed by atoms with E-state index in [1.807, 2.05) is 0 Å². The van der Waals surface area contributed by atoms with Crippen molar-refractivity contribution >= 4 is 51.1 Å². The summed E-state index contributed by atoms with van der Waals surface area (Å²) in [6.45, 7) is 0. The molecule has 1 N–H and O–H groups in total. The highest BCUT2D eigenvalue weighted by molar-refractivity contribution is 7.14. The van der Waals surface area contributed by atoms with Gasteiger partial charge in [-0.05, 0) is 29.1 Å². The van der Waals surface area contributed by atoms with Crippen molar-refractivity contribution in [2.45, 2.75) is 6.04 Å². The van der Waals surface area contributed by atoms with Gasteiger partial charge in [-0.1, -0.05) is 29.8 Å². The number of aromatic nitrogens is 1. The van der Waals surface area contributed by atoms with Crippen molar-refractivity contribution in [2.75, 3.05) is 4.90 Å². The van der Waals surface area contributed by atoms with Crippen LogP contribution in [-0.4, -0.2) is 21.8 Å². The summed E-state index contributed by atoms with van der Waals surface area (Å²) in [7, 11) is 0. The lowest BCUT2D eigenvalue weighted by Gasteiger charge is -2.24. The zero-order valence-electron chi connectivity index (χ0n) is 13.1. The molecule has 1 atom stereocenters. The second-order valence-corrected chi connectivity index (χ2v) is 7.77. The van der Waals surface area contributed by atoms with Crippen molar-refractivity contribution in [3.8, 4) is 0 Å². The third-order valence-electron chi connectivity index (χ3n) is 4.01. The van der Waals surface area contributed by atoms with Gasteiger partial charge >= 0.3 is 0 Å². The molecule has 3 heterocycles. The van der Waals surface area contributed by atoms with E-state index < -0.39 is 17.7 Å². The Bertz CT molecular complexity index is 996. The summed E-state index contributed by atoms with van der Waals surface area (Å²) in [6, 6.07) is 9.50. The van der Waals surface area contributed by atoms with E-state index in [1.165, 1.54) is 27.6 Å². The Hall–Kier alpha value is -2.48. The molecule has 130 valence electrons. The molecular formula is C18H11ClN2O3S2. The number of nitrogens with zero attached hydrogens (tertiary/aromatic N) is 2. The normalized spacial score (nSPS) is 17.2. The maximum atomic E-state index is 13.0. The van der Waals surface area contributed by atoms with E-state index in [4.69, 9.17) is 11.6 Å². The Labute approximate surface area is 161 Å². The molecule has 1 aliphatic heterocycles. The molecule has 8 heteroatoms. The molecule has 1 aliphatic rings. The monoisotopic (exact) mass is 402 g/mol. The number of halogens is 1. The zero-order chi connectivity index (χ0) is 18.3. The van der Waals surface area contributed by atoms with Gasteiger partial charge in [0.25, 0.3) is 5.91 Å². The number of thiazole rings is 1. The number of Topliss-reactive ketones (excluding diaryl/α,β-unsaturated/α-hetero) is 1. The smallest absolute Gasteiger partial charge is 0.296 e. The minimum absolute atomic E-state index is 0.0509. The van der Waals surface area contributed by atoms with Gasteiger partial charge in [-0.25, -0.2) is 4.98 Å². The highest BCUT2D eigenvalue weighted by atomic mass is 35.5. The Morgan fingerprint density at radius 2 is 1.92 bits per heavy atom. The predicted molar refractivity (Wildman–Crippen MR) is 102 cm³/mol. The molecule has 0 radical (unpaired) electrons. The third-order valence-corrected chi connectivity index (χ3v) is 5.90. The van der Waals surface area contributed by atoms with Gasteiger partial charge in [0.2, 0.25) is 5.78 Å². The molecule has 0 unspecified atom stereocenters. The molecule has 3 aromatic rings. The maximum Gasteiger partial charge on any atom is 0.296 e. The minimum Gasteiger partial charge on any atom is -0.503 e. The highest BCUT2D eigenvalue weighted by Gasteiger charge is 2.45. The van der Waals surface area contributed by atoms with Crippen LogP contribution >= 0.6 is 34.3 Å². The average Bonchev–Trinajstić information content (AvgIpc) is 3.38. The number of rotatable bonds is 4. The summed E-state index contributed by atoms with van der Waals surface area (Å²) in [6.07, 6.45) is 1.57. The predicted octanol–water partition coefficient (Wildman–Crippen LogP) is 4.64. The molecule has 5 nitrogen and oxygen atoms in total. The van der Waals surface area contributed by atoms with Gasteiger partial charge in [0.05, 0.1) is 16.5 Å². The van der Waals surface area contributed by atoms with Crippen molar-refractivity contribution in [1.29, 1.82) is 0 Å². The molecular weight excluding hydrogens is 392 g/mol. The van der Waals surface area contributed by atoms with Crippen LogP contribution in [0.2, 0.25) is 5.02 Å². The lowest BCUT2D eigenvalue weighted by atomic mass is 9.95. The third kappa shape index (κ3) is 2.74. The average molecular weight is 403 g/mol. The van der Waals surface area contributed by atoms with Gasteiger partial charge in [0.15, 0.2) is 10.9 Å². The largest absolute Gasteiger partial charge is 0.503 e. The van der Waals surface area contributed by atoms with Gasteiger partial charge in [0, 0.05) is 16.6 Å². The van der Waals surface area contributed by atoms with E-state index in [1.54, 1.807) is 53.4 Å². The van der Waals surface area contributed by atoms with E-state index in [0.29, 0.717) is 20.6 Å². The second-order valence-electron chi connectivity index (χ2n) is 5.51. The number of carbonyl (C=O) groups is 2. The number of hydrogen-bond acceptors (Lipinski definition) is 6. The summed E-state index contributed by atoms with van der Waals surface area (Å²) in [5, 5.41) is 15.0. The van der Waals surface area contributed by atoms with Crippen LogP contribution in [0.25, 0.3) is 0 Å². The number of hydrogen-bond donors (Lipinski definition) is 1. The molecule has 1 aromatic carbocycles. The Balaban J connectivity index is 1.88. The first-order valence-electron chi connectivity index (χ1n) is 7.58. The van der Waals surface area contributed by atoms with Crippen LogP contribution in [0.1, 0.15) is 21.3 Å². The van der Waals surface area contributed by atoms with E-state index in [-0.39, 0.29) is 11.4 Å². The van der Waals surface area contributed by atoms with Crippen LogP contribution in [0.5, 0.6) is 0 Å². The zero-order valence-corrected chi connectivity index (χ0v) is 15.5. The van der Waals surface area contributed by atoms with Crippen LogP contribution in [0.15, 0.2) is 64.7 Å². The van der Waals surface area contributed by atoms with E-state index >= 15 is 0 Å². The number of amides is 1. The van der Waals surface area contributed by atoms with Gasteiger partial charge < -0.3 is 5.11 Å². The summed E-state index contributed by atoms with van der Waals surface area (Å²) >= 11 is 8.50. The van der Waals surface area contributed by atoms with Crippen LogP contribution in [-0.2, 0) is 4.79 Å². The van der Waals surface area contributed by atoms with Crippen molar-refractivity contribution in [1.82, 2.24) is 4.98 Å². The topological polar surface area (TPSA) is 70.5 Å². The fourth-order valence-corrected chi connectivity index (χ4v) is 4.34. The number of thiophene rings is 1. The number of benzene rings is 1. The van der Waals surface area contributed by atoms with Gasteiger partial charge in [-0.2, -0.15) is 0 Å². The number of aliphatic hydroxyl groups is 1. The van der Waals surface area contributed by atoms with Crippen molar-refractivity contribution in [2.24, 2.45) is 0 Å². The SMILES string of the molecule is O=C(C1=C(O)C(=O)N(c2nccs2)[C@H]1c1ccc(Cl)cc1)c1cccs1. The standard InChI is InChI=1S/C18H11ClN2O3S2/c19-11-5-3-10(4-6-11)14-13(15(22)12-2-1-8-25-12)16(23)17(24)21(14)18-20-7-9-26-18/h1-9,14,23H/t14-/m0/s1. The molecule has 0 fully saturated rings. The first-order valence-corrected chi connectivity index (χ1v) is 9.71. The van der Waals surface area contributed by atoms with E-state index in [2.05, 4.69) is 4.98 Å². The van der Waals surface area contributed by atoms with Crippen molar-refractivity contribution in [3.05, 3.63) is 80.2 Å². The summed E-state index contributed by atoms with van der Waals surface area (Å²) < 4.78 is 0. The Morgan fingerprint density at radius 3 is 2.54 bits per heavy atom. The lowest BCUT2D eigenvalue weighted by Crippen LogP contribution is -2.30. The minimum atomic E-state index is -0.763. The lowest BCUT2D eigenvalue weighted by molar-refractivity contribution is -0.117. The Kier molecular flexibility index (Phi) is 4.36. The van der Waals surface area contributed by atoms with Crippen LogP contribution in [0.4, 0.5) is 5.13 Å². The molecule has 0 saturated heterocycles. The first-order chi connectivity index (χ1) is 12.6. The summed E-state index contributed by atoms with van der Waals surface area (Å²) in [5.74, 6) is -1.55. The molecule has 0 bridgehead atoms. The Morgan fingerprint density at radius 1 is 1.15 bits per heavy atom. The molecule has 4 rings (SSSR count). The summed E-state index contributed by atoms with van der Waals surface area (Å²) in [5.41, 5.74) is 0.719. The van der Waals surface area contributed by atoms with E-state index in [9.17, 15) is 14.7 Å². The number of carbonyl (C=O) groups excluding carboxylic acids is 2. The fraction of sp³-hybridized carbons (Fsp3) is 0.0556. The quantitative estimate of drug-likeness (QED) is 0.645. The molecule has 0 spiro atoms. The molecule has 1 amide bonds. The van der Waals surface area contributed by atoms with Crippen molar-refractivity contribution in [3.63, 3.8) is 0 Å². The molecule has 2 aromatic heterocycles. The number of anilines is 1. The number of aliphatic hydroxyl groups excluding tert-OH is 1. The van der Waals surface area contributed by atoms with Crippen molar-refractivity contribution < 1.29 is 14.7 Å². The highest BCUT2D eigenvalue weighted by Crippen LogP contribution is 2.42. The van der Waals surface area contributed by atoms with Crippen LogP contribution < -0.4 is 4.90 Å². The summed E-state index contributed by atoms with van der Waals surface area (Å²) in [4.78, 5) is 31.7. The second kappa shape index (κ2) is 6.68. The van der Waals surface area contributed by atoms with Crippen LogP contribution in [0, 0.1) is 0 Å². The van der Waals surface area contributed by atoms with Gasteiger partial charge in [-0.15, -0.1) is 22.7 Å². The maximum absolute atomic E-state index is 13.0. The fourth-order valence-electron chi connectivity index (χ4n) is 2.87. The first kappa shape index (κ1) is 17.0. The molecule has 0 saturated carbocycles. The van der Waals surface area contributed by atoms with Gasteiger partial charge in [-0.3, -0.25) is 14.5 Å². The van der Waals surface area contributed by atoms with Gasteiger partial charge in [0.1, 0.15) is 0 Å². The molecule has 26 heavy (non-hydrogen) atoms. The molecule has 0 aliphatic carbocycles.